The van der Waals surface area contributed by atoms with Gasteiger partial charge in [0.2, 0.25) is 0 Å². The molecule has 0 saturated carbocycles. The smallest absolute Gasteiger partial charge is 0.404 e. The Labute approximate surface area is 89.4 Å². The molecule has 0 bridgehead atoms. The van der Waals surface area contributed by atoms with Crippen molar-refractivity contribution in [2.75, 3.05) is 34.4 Å². The zero-order valence-electron chi connectivity index (χ0n) is 7.54. The maximum absolute atomic E-state index is 10.1. The molecule has 0 atom stereocenters. The number of ether oxygens (including phenoxy) is 1. The summed E-state index contributed by atoms with van der Waals surface area (Å²) < 4.78 is 4.86. The predicted octanol–water partition coefficient (Wildman–Crippen LogP) is -3.28. The molecule has 6 heteroatoms. The molecule has 0 fully saturated rings. The van der Waals surface area contributed by atoms with Crippen LogP contribution in [0.1, 0.15) is 0 Å². The number of nitrogens with two attached hydrogens (primary N) is 1. The van der Waals surface area contributed by atoms with Gasteiger partial charge in [-0.05, 0) is 0 Å². The lowest BCUT2D eigenvalue weighted by atomic mass is 10.6. The molecule has 1 amide bonds. The molecule has 2 N–H and O–H groups in total. The lowest BCUT2D eigenvalue weighted by Gasteiger charge is -2.23. The summed E-state index contributed by atoms with van der Waals surface area (Å²) in [4.78, 5) is 15.2. The zero-order chi connectivity index (χ0) is 8.91. The summed E-state index contributed by atoms with van der Waals surface area (Å²) in [7, 11) is 5.29. The molecule has 0 saturated heterocycles. The Morgan fingerprint density at radius 3 is 2.33 bits per heavy atom. The van der Waals surface area contributed by atoms with Crippen molar-refractivity contribution in [2.45, 2.75) is 0 Å². The molecule has 0 aromatic rings. The molecule has 0 spiro atoms. The molecule has 0 aliphatic carbocycles. The molecular weight excluding hydrogens is 275 g/mol. The summed E-state index contributed by atoms with van der Waals surface area (Å²) in [5, 5.41) is 0. The molecule has 0 aliphatic heterocycles. The van der Waals surface area contributed by atoms with E-state index in [9.17, 15) is 4.79 Å². The van der Waals surface area contributed by atoms with Gasteiger partial charge < -0.3 is 34.4 Å². The van der Waals surface area contributed by atoms with Gasteiger partial charge in [0.25, 0.3) is 0 Å². The van der Waals surface area contributed by atoms with Crippen molar-refractivity contribution in [1.82, 2.24) is 0 Å². The summed E-state index contributed by atoms with van der Waals surface area (Å²) in [6.07, 6.45) is -0.749. The van der Waals surface area contributed by atoms with Gasteiger partial charge >= 0.3 is 6.09 Å². The monoisotopic (exact) mass is 290 g/mol. The minimum absolute atomic E-state index is 0. The summed E-state index contributed by atoms with van der Waals surface area (Å²) in [5.41, 5.74) is 4.75. The van der Waals surface area contributed by atoms with E-state index in [2.05, 4.69) is 4.74 Å². The number of hydrogen-bond donors (Lipinski definition) is 1. The number of hydroxylamine groups is 3. The molecule has 0 aliphatic rings. The average Bonchev–Trinajstić information content (AvgIpc) is 1.87. The van der Waals surface area contributed by atoms with Crippen LogP contribution in [0.3, 0.4) is 0 Å². The Hall–Kier alpha value is -0.0800. The molecule has 0 aromatic heterocycles. The van der Waals surface area contributed by atoms with Crippen LogP contribution in [0.5, 0.6) is 0 Å². The van der Waals surface area contributed by atoms with E-state index in [0.29, 0.717) is 11.2 Å². The Kier molecular flexibility index (Phi) is 7.75. The second-order valence-corrected chi connectivity index (χ2v) is 2.65. The van der Waals surface area contributed by atoms with E-state index in [4.69, 9.17) is 10.6 Å². The first-order valence-corrected chi connectivity index (χ1v) is 3.29. The van der Waals surface area contributed by atoms with Gasteiger partial charge in [0.1, 0.15) is 13.2 Å². The van der Waals surface area contributed by atoms with Crippen molar-refractivity contribution in [3.05, 3.63) is 0 Å². The van der Waals surface area contributed by atoms with Crippen LogP contribution >= 0.6 is 0 Å². The van der Waals surface area contributed by atoms with Crippen LogP contribution in [0.25, 0.3) is 0 Å². The second-order valence-electron chi connectivity index (χ2n) is 2.65. The fourth-order valence-corrected chi connectivity index (χ4v) is 0.457. The van der Waals surface area contributed by atoms with Crippen molar-refractivity contribution >= 4 is 6.09 Å². The van der Waals surface area contributed by atoms with Gasteiger partial charge in [-0.1, -0.05) is 0 Å². The van der Waals surface area contributed by atoms with Crippen molar-refractivity contribution < 1.29 is 43.0 Å². The second kappa shape index (κ2) is 6.44. The van der Waals surface area contributed by atoms with Gasteiger partial charge in [0, 0.05) is 0 Å². The number of carbonyl (C=O) groups is 1. The van der Waals surface area contributed by atoms with Crippen molar-refractivity contribution in [3.63, 3.8) is 0 Å². The highest BCUT2D eigenvalue weighted by molar-refractivity contribution is 5.64. The van der Waals surface area contributed by atoms with Crippen molar-refractivity contribution in [2.24, 2.45) is 5.73 Å². The summed E-state index contributed by atoms with van der Waals surface area (Å²) in [6, 6.07) is 0. The highest BCUT2D eigenvalue weighted by atomic mass is 127. The van der Waals surface area contributed by atoms with Gasteiger partial charge in [-0.2, -0.15) is 4.65 Å². The number of hydrogen-bond acceptors (Lipinski definition) is 3. The van der Waals surface area contributed by atoms with E-state index < -0.39 is 6.09 Å². The number of rotatable bonds is 4. The van der Waals surface area contributed by atoms with Crippen LogP contribution in [0.15, 0.2) is 0 Å². The quantitative estimate of drug-likeness (QED) is 0.336. The third kappa shape index (κ3) is 8.02. The molecule has 12 heavy (non-hydrogen) atoms. The largest absolute Gasteiger partial charge is 1.00 e. The van der Waals surface area contributed by atoms with E-state index in [-0.39, 0.29) is 30.6 Å². The third-order valence-corrected chi connectivity index (χ3v) is 1.37. The highest BCUT2D eigenvalue weighted by Crippen LogP contribution is 1.95. The fourth-order valence-electron chi connectivity index (χ4n) is 0.457. The van der Waals surface area contributed by atoms with Crippen LogP contribution in [0.4, 0.5) is 4.79 Å². The van der Waals surface area contributed by atoms with E-state index in [1.165, 1.54) is 0 Å². The lowest BCUT2D eigenvalue weighted by Crippen LogP contribution is -3.00. The first kappa shape index (κ1) is 14.4. The Morgan fingerprint density at radius 2 is 2.00 bits per heavy atom. The molecule has 5 nitrogen and oxygen atoms in total. The lowest BCUT2D eigenvalue weighted by molar-refractivity contribution is -1.07. The number of carbonyl (C=O) groups excluding carboxylic acids is 1. The van der Waals surface area contributed by atoms with Crippen molar-refractivity contribution in [1.29, 1.82) is 0 Å². The minimum atomic E-state index is -0.749. The number of primary amides is 1. The van der Waals surface area contributed by atoms with Crippen LogP contribution in [0.2, 0.25) is 0 Å². The molecular formula is C6H15IN2O3. The first-order chi connectivity index (χ1) is 4.98. The van der Waals surface area contributed by atoms with Gasteiger partial charge in [-0.25, -0.2) is 9.63 Å². The third-order valence-electron chi connectivity index (χ3n) is 1.37. The van der Waals surface area contributed by atoms with Crippen LogP contribution in [-0.4, -0.2) is 45.1 Å². The van der Waals surface area contributed by atoms with Gasteiger partial charge in [-0.15, -0.1) is 0 Å². The number of likely N-dealkylation sites (N-methyl/N-ethyl adjacent to an activating group) is 1. The number of nitrogens with zero attached hydrogens (tertiary/aromatic N) is 1. The van der Waals surface area contributed by atoms with E-state index in [0.717, 1.165) is 0 Å². The minimum Gasteiger partial charge on any atom is -1.00 e. The van der Waals surface area contributed by atoms with Crippen LogP contribution < -0.4 is 29.7 Å². The normalized spacial score (nSPS) is 10.2. The highest BCUT2D eigenvalue weighted by Gasteiger charge is 2.14. The summed E-state index contributed by atoms with van der Waals surface area (Å²) in [5.74, 6) is 0. The molecule has 0 aromatic carbocycles. The van der Waals surface area contributed by atoms with Crippen LogP contribution in [-0.2, 0) is 9.57 Å². The van der Waals surface area contributed by atoms with Crippen LogP contribution in [0, 0.1) is 0 Å². The Morgan fingerprint density at radius 1 is 1.50 bits per heavy atom. The van der Waals surface area contributed by atoms with E-state index in [1.54, 1.807) is 7.11 Å². The standard InChI is InChI=1S/C6H14N2O3.HI/c1-8(2,10-3)4-5-11-6(7)9;/h4-5H2,1-3H3,(H-,7,9);1H. The van der Waals surface area contributed by atoms with Gasteiger partial charge in [-0.3, -0.25) is 0 Å². The SMILES string of the molecule is CO[N+](C)(C)CCOC(N)=O.[I-]. The molecule has 0 radical (unpaired) electrons. The fraction of sp³-hybridized carbons (Fsp3) is 0.833. The average molecular weight is 290 g/mol. The van der Waals surface area contributed by atoms with Gasteiger partial charge in [0.05, 0.1) is 21.2 Å². The van der Waals surface area contributed by atoms with E-state index >= 15 is 0 Å². The molecule has 0 unspecified atom stereocenters. The maximum Gasteiger partial charge on any atom is 0.404 e. The Balaban J connectivity index is 0. The summed E-state index contributed by atoms with van der Waals surface area (Å²) in [6.45, 7) is 0.857. The first-order valence-electron chi connectivity index (χ1n) is 3.29. The molecule has 0 heterocycles. The molecule has 74 valence electrons. The molecule has 0 rings (SSSR count). The number of quaternary nitrogens is 1. The zero-order valence-corrected chi connectivity index (χ0v) is 9.70. The predicted molar refractivity (Wildman–Crippen MR) is 39.5 cm³/mol. The Bertz CT molecular complexity index is 141. The number of halogens is 1. The maximum atomic E-state index is 10.1. The number of amides is 1. The summed E-state index contributed by atoms with van der Waals surface area (Å²) >= 11 is 0. The topological polar surface area (TPSA) is 61.6 Å². The van der Waals surface area contributed by atoms with Crippen molar-refractivity contribution in [3.8, 4) is 0 Å². The van der Waals surface area contributed by atoms with Gasteiger partial charge in [0.15, 0.2) is 0 Å². The van der Waals surface area contributed by atoms with E-state index in [1.807, 2.05) is 14.1 Å².